The number of carbonyl (C=O) groups is 1. The molecule has 1 heterocycles. The molecule has 0 saturated carbocycles. The highest BCUT2D eigenvalue weighted by atomic mass is 16.1. The van der Waals surface area contributed by atoms with Gasteiger partial charge in [0.15, 0.2) is 0 Å². The maximum absolute atomic E-state index is 12.5. The van der Waals surface area contributed by atoms with Crippen molar-refractivity contribution in [3.8, 4) is 0 Å². The second-order valence-corrected chi connectivity index (χ2v) is 5.03. The maximum Gasteiger partial charge on any atom is 0.231 e. The van der Waals surface area contributed by atoms with Crippen molar-refractivity contribution in [3.63, 3.8) is 0 Å². The van der Waals surface area contributed by atoms with E-state index in [2.05, 4.69) is 15.5 Å². The minimum Gasteiger partial charge on any atom is -0.326 e. The summed E-state index contributed by atoms with van der Waals surface area (Å²) >= 11 is 0. The van der Waals surface area contributed by atoms with Crippen LogP contribution in [0.3, 0.4) is 0 Å². The normalized spacial score (nSPS) is 12.2. The molecule has 0 aliphatic heterocycles. The van der Waals surface area contributed by atoms with Crippen LogP contribution in [0.2, 0.25) is 0 Å². The quantitative estimate of drug-likeness (QED) is 0.765. The van der Waals surface area contributed by atoms with E-state index >= 15 is 0 Å². The van der Waals surface area contributed by atoms with Gasteiger partial charge in [-0.3, -0.25) is 9.89 Å². The summed E-state index contributed by atoms with van der Waals surface area (Å²) in [5, 5.41) is 10.9. The molecule has 0 bridgehead atoms. The summed E-state index contributed by atoms with van der Waals surface area (Å²) in [5.41, 5.74) is 2.80. The van der Waals surface area contributed by atoms with E-state index in [9.17, 15) is 4.79 Å². The highest BCUT2D eigenvalue weighted by Gasteiger charge is 2.18. The van der Waals surface area contributed by atoms with Crippen LogP contribution in [-0.2, 0) is 4.79 Å². The third kappa shape index (κ3) is 2.79. The first kappa shape index (κ1) is 13.4. The van der Waals surface area contributed by atoms with Crippen molar-refractivity contribution in [2.45, 2.75) is 19.3 Å². The Labute approximate surface area is 123 Å². The van der Waals surface area contributed by atoms with Crippen LogP contribution < -0.4 is 5.32 Å². The predicted octanol–water partition coefficient (Wildman–Crippen LogP) is 3.70. The molecule has 1 aromatic heterocycles. The van der Waals surface area contributed by atoms with Gasteiger partial charge in [0.2, 0.25) is 5.91 Å². The molecule has 21 heavy (non-hydrogen) atoms. The van der Waals surface area contributed by atoms with E-state index < -0.39 is 0 Å². The Hall–Kier alpha value is -2.62. The number of anilines is 1. The van der Waals surface area contributed by atoms with Crippen LogP contribution in [0.15, 0.2) is 54.7 Å². The molecule has 0 aliphatic rings. The van der Waals surface area contributed by atoms with Gasteiger partial charge in [-0.15, -0.1) is 0 Å². The molecule has 0 spiro atoms. The lowest BCUT2D eigenvalue weighted by Gasteiger charge is -2.15. The second-order valence-electron chi connectivity index (χ2n) is 5.03. The minimum atomic E-state index is -0.133. The standard InChI is InChI=1S/C17H17N3O/c1-2-15(12-6-4-3-5-7-12)17(21)19-14-8-9-16-13(10-14)11-18-20-16/h3-11,15H,2H2,1H3,(H,18,20)(H,19,21)/t15-/m1/s1. The number of H-pyrrole nitrogens is 1. The molecule has 4 nitrogen and oxygen atoms in total. The Morgan fingerprint density at radius 2 is 2.05 bits per heavy atom. The molecule has 0 unspecified atom stereocenters. The summed E-state index contributed by atoms with van der Waals surface area (Å²) in [6.45, 7) is 2.02. The molecule has 0 radical (unpaired) electrons. The van der Waals surface area contributed by atoms with Crippen LogP contribution in [0.5, 0.6) is 0 Å². The van der Waals surface area contributed by atoms with Crippen LogP contribution in [0.1, 0.15) is 24.8 Å². The lowest BCUT2D eigenvalue weighted by atomic mass is 9.95. The number of hydrogen-bond donors (Lipinski definition) is 2. The van der Waals surface area contributed by atoms with Crippen molar-refractivity contribution in [2.75, 3.05) is 5.32 Å². The van der Waals surface area contributed by atoms with Crippen LogP contribution >= 0.6 is 0 Å². The van der Waals surface area contributed by atoms with E-state index in [1.807, 2.05) is 55.5 Å². The second kappa shape index (κ2) is 5.79. The molecule has 3 rings (SSSR count). The van der Waals surface area contributed by atoms with Gasteiger partial charge in [0, 0.05) is 11.1 Å². The highest BCUT2D eigenvalue weighted by molar-refractivity contribution is 5.97. The van der Waals surface area contributed by atoms with E-state index in [0.29, 0.717) is 0 Å². The van der Waals surface area contributed by atoms with E-state index in [0.717, 1.165) is 28.6 Å². The first-order chi connectivity index (χ1) is 10.3. The molecule has 0 fully saturated rings. The topological polar surface area (TPSA) is 57.8 Å². The number of aromatic amines is 1. The summed E-state index contributed by atoms with van der Waals surface area (Å²) in [7, 11) is 0. The van der Waals surface area contributed by atoms with Crippen molar-refractivity contribution < 1.29 is 4.79 Å². The summed E-state index contributed by atoms with van der Waals surface area (Å²) in [5.74, 6) is -0.113. The summed E-state index contributed by atoms with van der Waals surface area (Å²) in [4.78, 5) is 12.5. The molecule has 3 aromatic rings. The molecule has 0 aliphatic carbocycles. The number of hydrogen-bond acceptors (Lipinski definition) is 2. The van der Waals surface area contributed by atoms with Crippen LogP contribution in [0, 0.1) is 0 Å². The maximum atomic E-state index is 12.5. The monoisotopic (exact) mass is 279 g/mol. The lowest BCUT2D eigenvalue weighted by molar-refractivity contribution is -0.117. The number of aromatic nitrogens is 2. The molecular weight excluding hydrogens is 262 g/mol. The summed E-state index contributed by atoms with van der Waals surface area (Å²) in [6, 6.07) is 15.6. The van der Waals surface area contributed by atoms with Crippen LogP contribution in [0.4, 0.5) is 5.69 Å². The zero-order valence-electron chi connectivity index (χ0n) is 11.8. The van der Waals surface area contributed by atoms with Gasteiger partial charge in [-0.25, -0.2) is 0 Å². The van der Waals surface area contributed by atoms with Gasteiger partial charge >= 0.3 is 0 Å². The fourth-order valence-electron chi connectivity index (χ4n) is 2.51. The average Bonchev–Trinajstić information content (AvgIpc) is 2.96. The number of nitrogens with one attached hydrogen (secondary N) is 2. The van der Waals surface area contributed by atoms with Crippen molar-refractivity contribution >= 4 is 22.5 Å². The molecule has 106 valence electrons. The van der Waals surface area contributed by atoms with E-state index in [-0.39, 0.29) is 11.8 Å². The highest BCUT2D eigenvalue weighted by Crippen LogP contribution is 2.23. The predicted molar refractivity (Wildman–Crippen MR) is 84.2 cm³/mol. The van der Waals surface area contributed by atoms with Gasteiger partial charge in [0.25, 0.3) is 0 Å². The molecular formula is C17H17N3O. The molecule has 1 amide bonds. The Morgan fingerprint density at radius 3 is 2.81 bits per heavy atom. The largest absolute Gasteiger partial charge is 0.326 e. The SMILES string of the molecule is CC[C@@H](C(=O)Nc1ccc2[nH]ncc2c1)c1ccccc1. The molecule has 1 atom stereocenters. The molecule has 4 heteroatoms. The van der Waals surface area contributed by atoms with Gasteiger partial charge in [-0.05, 0) is 30.2 Å². The van der Waals surface area contributed by atoms with Crippen molar-refractivity contribution in [2.24, 2.45) is 0 Å². The van der Waals surface area contributed by atoms with Gasteiger partial charge in [-0.1, -0.05) is 37.3 Å². The number of nitrogens with zero attached hydrogens (tertiary/aromatic N) is 1. The lowest BCUT2D eigenvalue weighted by Crippen LogP contribution is -2.20. The molecule has 2 N–H and O–H groups in total. The minimum absolute atomic E-state index is 0.0199. The van der Waals surface area contributed by atoms with Gasteiger partial charge < -0.3 is 5.32 Å². The summed E-state index contributed by atoms with van der Waals surface area (Å²) in [6.07, 6.45) is 2.52. The van der Waals surface area contributed by atoms with Crippen LogP contribution in [0.25, 0.3) is 10.9 Å². The number of amides is 1. The zero-order chi connectivity index (χ0) is 14.7. The molecule has 0 saturated heterocycles. The van der Waals surface area contributed by atoms with Crippen molar-refractivity contribution in [1.29, 1.82) is 0 Å². The Bertz CT molecular complexity index is 749. The smallest absolute Gasteiger partial charge is 0.231 e. The molecule has 2 aromatic carbocycles. The number of rotatable bonds is 4. The van der Waals surface area contributed by atoms with Crippen LogP contribution in [-0.4, -0.2) is 16.1 Å². The number of benzene rings is 2. The van der Waals surface area contributed by atoms with E-state index in [4.69, 9.17) is 0 Å². The first-order valence-electron chi connectivity index (χ1n) is 7.07. The van der Waals surface area contributed by atoms with Gasteiger partial charge in [0.1, 0.15) is 0 Å². The van der Waals surface area contributed by atoms with E-state index in [1.54, 1.807) is 6.20 Å². The third-order valence-electron chi connectivity index (χ3n) is 3.63. The zero-order valence-corrected chi connectivity index (χ0v) is 11.8. The summed E-state index contributed by atoms with van der Waals surface area (Å²) < 4.78 is 0. The van der Waals surface area contributed by atoms with E-state index in [1.165, 1.54) is 0 Å². The first-order valence-corrected chi connectivity index (χ1v) is 7.07. The van der Waals surface area contributed by atoms with Crippen molar-refractivity contribution in [3.05, 3.63) is 60.3 Å². The Balaban J connectivity index is 1.81. The van der Waals surface area contributed by atoms with Gasteiger partial charge in [-0.2, -0.15) is 5.10 Å². The third-order valence-corrected chi connectivity index (χ3v) is 3.63. The average molecular weight is 279 g/mol. The van der Waals surface area contributed by atoms with Crippen molar-refractivity contribution in [1.82, 2.24) is 10.2 Å². The van der Waals surface area contributed by atoms with Gasteiger partial charge in [0.05, 0.1) is 17.6 Å². The number of carbonyl (C=O) groups excluding carboxylic acids is 1. The Kier molecular flexibility index (Phi) is 3.69. The fourth-order valence-corrected chi connectivity index (χ4v) is 2.51. The Morgan fingerprint density at radius 1 is 1.24 bits per heavy atom. The fraction of sp³-hybridized carbons (Fsp3) is 0.176. The number of fused-ring (bicyclic) bond motifs is 1.